The lowest BCUT2D eigenvalue weighted by molar-refractivity contribution is 0.0692. The second-order valence-corrected chi connectivity index (χ2v) is 4.18. The molecule has 100 valence electrons. The molecule has 5 heteroatoms. The van der Waals surface area contributed by atoms with Gasteiger partial charge in [0.2, 0.25) is 0 Å². The molecule has 5 nitrogen and oxygen atoms in total. The molecule has 0 aliphatic carbocycles. The van der Waals surface area contributed by atoms with Crippen LogP contribution in [0.4, 0.5) is 0 Å². The van der Waals surface area contributed by atoms with Crippen molar-refractivity contribution in [2.75, 3.05) is 0 Å². The number of aromatic nitrogens is 1. The fourth-order valence-corrected chi connectivity index (χ4v) is 1.98. The summed E-state index contributed by atoms with van der Waals surface area (Å²) >= 11 is 0. The number of aromatic carboxylic acids is 1. The summed E-state index contributed by atoms with van der Waals surface area (Å²) in [6, 6.07) is 10.8. The molecule has 0 aliphatic rings. The molecule has 2 aromatic heterocycles. The third-order valence-electron chi connectivity index (χ3n) is 2.93. The molecule has 0 bridgehead atoms. The lowest BCUT2D eigenvalue weighted by atomic mass is 10.2. The third-order valence-corrected chi connectivity index (χ3v) is 2.93. The van der Waals surface area contributed by atoms with Gasteiger partial charge in [-0.2, -0.15) is 0 Å². The van der Waals surface area contributed by atoms with E-state index in [-0.39, 0.29) is 17.9 Å². The number of furan rings is 1. The van der Waals surface area contributed by atoms with Gasteiger partial charge in [0.1, 0.15) is 23.4 Å². The highest BCUT2D eigenvalue weighted by atomic mass is 16.5. The van der Waals surface area contributed by atoms with Crippen molar-refractivity contribution in [1.29, 1.82) is 0 Å². The SMILES string of the molecule is O=C(O)c1ccoc1COc1cccc2cccnc12. The number of carboxylic acid groups (broad SMARTS) is 1. The first-order valence-electron chi connectivity index (χ1n) is 6.02. The first-order valence-corrected chi connectivity index (χ1v) is 6.02. The van der Waals surface area contributed by atoms with Crippen molar-refractivity contribution >= 4 is 16.9 Å². The van der Waals surface area contributed by atoms with E-state index in [1.165, 1.54) is 12.3 Å². The average Bonchev–Trinajstić information content (AvgIpc) is 2.93. The van der Waals surface area contributed by atoms with Crippen LogP contribution in [0.3, 0.4) is 0 Å². The van der Waals surface area contributed by atoms with Gasteiger partial charge in [-0.3, -0.25) is 4.98 Å². The number of nitrogens with zero attached hydrogens (tertiary/aromatic N) is 1. The van der Waals surface area contributed by atoms with Gasteiger partial charge in [0, 0.05) is 11.6 Å². The molecule has 0 fully saturated rings. The van der Waals surface area contributed by atoms with Crippen molar-refractivity contribution in [2.24, 2.45) is 0 Å². The molecule has 1 aromatic carbocycles. The summed E-state index contributed by atoms with van der Waals surface area (Å²) in [5, 5.41) is 9.96. The molecule has 0 radical (unpaired) electrons. The van der Waals surface area contributed by atoms with Gasteiger partial charge in [-0.05, 0) is 18.2 Å². The van der Waals surface area contributed by atoms with Gasteiger partial charge in [-0.15, -0.1) is 0 Å². The largest absolute Gasteiger partial charge is 0.483 e. The van der Waals surface area contributed by atoms with Crippen molar-refractivity contribution in [1.82, 2.24) is 4.98 Å². The van der Waals surface area contributed by atoms with Crippen LogP contribution < -0.4 is 4.74 Å². The van der Waals surface area contributed by atoms with Crippen molar-refractivity contribution in [3.05, 3.63) is 60.2 Å². The standard InChI is InChI=1S/C15H11NO4/c17-15(18)11-6-8-19-13(11)9-20-12-5-1-3-10-4-2-7-16-14(10)12/h1-8H,9H2,(H,17,18). The van der Waals surface area contributed by atoms with E-state index in [0.29, 0.717) is 5.75 Å². The summed E-state index contributed by atoms with van der Waals surface area (Å²) in [6.07, 6.45) is 3.02. The van der Waals surface area contributed by atoms with E-state index in [1.807, 2.05) is 24.3 Å². The Bertz CT molecular complexity index is 758. The highest BCUT2D eigenvalue weighted by Crippen LogP contribution is 2.24. The molecule has 0 atom stereocenters. The zero-order valence-electron chi connectivity index (χ0n) is 10.4. The first-order chi connectivity index (χ1) is 9.75. The van der Waals surface area contributed by atoms with Crippen LogP contribution >= 0.6 is 0 Å². The molecule has 0 saturated carbocycles. The maximum atomic E-state index is 11.0. The number of hydrogen-bond acceptors (Lipinski definition) is 4. The van der Waals surface area contributed by atoms with Crippen LogP contribution in [0.15, 0.2) is 53.3 Å². The smallest absolute Gasteiger partial charge is 0.339 e. The van der Waals surface area contributed by atoms with E-state index in [9.17, 15) is 4.79 Å². The van der Waals surface area contributed by atoms with Gasteiger partial charge in [0.25, 0.3) is 0 Å². The number of pyridine rings is 1. The Balaban J connectivity index is 1.87. The Morgan fingerprint density at radius 1 is 1.25 bits per heavy atom. The van der Waals surface area contributed by atoms with Crippen LogP contribution in [0.25, 0.3) is 10.9 Å². The number of hydrogen-bond donors (Lipinski definition) is 1. The van der Waals surface area contributed by atoms with Crippen molar-refractivity contribution in [3.63, 3.8) is 0 Å². The highest BCUT2D eigenvalue weighted by molar-refractivity contribution is 5.88. The lowest BCUT2D eigenvalue weighted by Gasteiger charge is -2.07. The minimum Gasteiger partial charge on any atom is -0.483 e. The average molecular weight is 269 g/mol. The zero-order chi connectivity index (χ0) is 13.9. The van der Waals surface area contributed by atoms with Crippen LogP contribution in [0.1, 0.15) is 16.1 Å². The molecular weight excluding hydrogens is 258 g/mol. The Morgan fingerprint density at radius 3 is 2.95 bits per heavy atom. The van der Waals surface area contributed by atoms with Crippen molar-refractivity contribution in [3.8, 4) is 5.75 Å². The number of carboxylic acids is 1. The van der Waals surface area contributed by atoms with E-state index < -0.39 is 5.97 Å². The van der Waals surface area contributed by atoms with Gasteiger partial charge in [-0.1, -0.05) is 18.2 Å². The third kappa shape index (κ3) is 2.21. The van der Waals surface area contributed by atoms with E-state index in [2.05, 4.69) is 4.98 Å². The van der Waals surface area contributed by atoms with Gasteiger partial charge in [0.15, 0.2) is 5.76 Å². The minimum absolute atomic E-state index is 0.0460. The summed E-state index contributed by atoms with van der Waals surface area (Å²) in [5.74, 6) is -0.158. The fourth-order valence-electron chi connectivity index (χ4n) is 1.98. The number of rotatable bonds is 4. The summed E-state index contributed by atoms with van der Waals surface area (Å²) in [4.78, 5) is 15.2. The lowest BCUT2D eigenvalue weighted by Crippen LogP contribution is -2.03. The molecule has 20 heavy (non-hydrogen) atoms. The molecule has 1 N–H and O–H groups in total. The fraction of sp³-hybridized carbons (Fsp3) is 0.0667. The van der Waals surface area contributed by atoms with Gasteiger partial charge in [0.05, 0.1) is 6.26 Å². The second-order valence-electron chi connectivity index (χ2n) is 4.18. The molecular formula is C15H11NO4. The van der Waals surface area contributed by atoms with Crippen molar-refractivity contribution in [2.45, 2.75) is 6.61 Å². The molecule has 0 aliphatic heterocycles. The molecule has 2 heterocycles. The number of ether oxygens (including phenoxy) is 1. The maximum absolute atomic E-state index is 11.0. The number of para-hydroxylation sites is 1. The van der Waals surface area contributed by atoms with E-state index in [4.69, 9.17) is 14.3 Å². The van der Waals surface area contributed by atoms with Crippen LogP contribution in [0, 0.1) is 0 Å². The second kappa shape index (κ2) is 5.05. The molecule has 3 aromatic rings. The van der Waals surface area contributed by atoms with Crippen LogP contribution in [-0.2, 0) is 6.61 Å². The normalized spacial score (nSPS) is 10.6. The van der Waals surface area contributed by atoms with E-state index in [0.717, 1.165) is 10.9 Å². The zero-order valence-corrected chi connectivity index (χ0v) is 10.4. The first kappa shape index (κ1) is 12.2. The number of benzene rings is 1. The highest BCUT2D eigenvalue weighted by Gasteiger charge is 2.14. The molecule has 0 unspecified atom stereocenters. The number of carbonyl (C=O) groups is 1. The van der Waals surface area contributed by atoms with Gasteiger partial charge < -0.3 is 14.3 Å². The molecule has 0 spiro atoms. The summed E-state index contributed by atoms with van der Waals surface area (Å²) in [5.41, 5.74) is 0.844. The molecule has 3 rings (SSSR count). The Hall–Kier alpha value is -2.82. The van der Waals surface area contributed by atoms with Crippen molar-refractivity contribution < 1.29 is 19.1 Å². The quantitative estimate of drug-likeness (QED) is 0.787. The van der Waals surface area contributed by atoms with Gasteiger partial charge >= 0.3 is 5.97 Å². The predicted molar refractivity (Wildman–Crippen MR) is 71.7 cm³/mol. The Labute approximate surface area is 114 Å². The van der Waals surface area contributed by atoms with Crippen LogP contribution in [-0.4, -0.2) is 16.1 Å². The molecule has 0 amide bonds. The predicted octanol–water partition coefficient (Wildman–Crippen LogP) is 3.11. The van der Waals surface area contributed by atoms with Crippen LogP contribution in [0.2, 0.25) is 0 Å². The van der Waals surface area contributed by atoms with Gasteiger partial charge in [-0.25, -0.2) is 4.79 Å². The summed E-state index contributed by atoms with van der Waals surface area (Å²) < 4.78 is 10.8. The summed E-state index contributed by atoms with van der Waals surface area (Å²) in [6.45, 7) is 0.0460. The van der Waals surface area contributed by atoms with E-state index in [1.54, 1.807) is 12.3 Å². The Kier molecular flexibility index (Phi) is 3.09. The number of fused-ring (bicyclic) bond motifs is 1. The maximum Gasteiger partial charge on any atom is 0.339 e. The Morgan fingerprint density at radius 2 is 2.10 bits per heavy atom. The summed E-state index contributed by atoms with van der Waals surface area (Å²) in [7, 11) is 0. The van der Waals surface area contributed by atoms with E-state index >= 15 is 0 Å². The van der Waals surface area contributed by atoms with Crippen LogP contribution in [0.5, 0.6) is 5.75 Å². The minimum atomic E-state index is -1.03. The topological polar surface area (TPSA) is 72.6 Å². The molecule has 0 saturated heterocycles. The monoisotopic (exact) mass is 269 g/mol.